The van der Waals surface area contributed by atoms with Crippen LogP contribution in [0.4, 0.5) is 14.5 Å². The number of nitrogens with zero attached hydrogens (tertiary/aromatic N) is 2. The van der Waals surface area contributed by atoms with Gasteiger partial charge in [0.25, 0.3) is 0 Å². The van der Waals surface area contributed by atoms with Gasteiger partial charge in [0.2, 0.25) is 11.8 Å². The highest BCUT2D eigenvalue weighted by Gasteiger charge is 2.35. The largest absolute Gasteiger partial charge is 0.332 e. The van der Waals surface area contributed by atoms with E-state index in [-0.39, 0.29) is 24.7 Å². The molecule has 0 aliphatic heterocycles. The van der Waals surface area contributed by atoms with Gasteiger partial charge in [-0.1, -0.05) is 6.58 Å². The minimum absolute atomic E-state index is 0.0268. The van der Waals surface area contributed by atoms with Crippen LogP contribution in [-0.2, 0) is 11.3 Å². The fourth-order valence-corrected chi connectivity index (χ4v) is 3.30. The molecule has 2 aromatic rings. The van der Waals surface area contributed by atoms with E-state index in [0.29, 0.717) is 25.1 Å². The number of fused-ring (bicyclic) bond motifs is 1. The van der Waals surface area contributed by atoms with Gasteiger partial charge >= 0.3 is 0 Å². The maximum Gasteiger partial charge on any atom is 0.248 e. The van der Waals surface area contributed by atoms with Gasteiger partial charge in [-0.2, -0.15) is 0 Å². The number of hydrogen-bond donors (Lipinski definition) is 1. The third-order valence-electron chi connectivity index (χ3n) is 4.66. The van der Waals surface area contributed by atoms with Crippen LogP contribution in [0.1, 0.15) is 31.2 Å². The second-order valence-corrected chi connectivity index (χ2v) is 6.55. The summed E-state index contributed by atoms with van der Waals surface area (Å²) in [5.74, 6) is -2.53. The summed E-state index contributed by atoms with van der Waals surface area (Å²) >= 11 is 0. The summed E-state index contributed by atoms with van der Waals surface area (Å²) in [7, 11) is 0. The number of nitrogens with one attached hydrogen (secondary N) is 1. The molecule has 6 heteroatoms. The van der Waals surface area contributed by atoms with Crippen molar-refractivity contribution < 1.29 is 13.6 Å². The van der Waals surface area contributed by atoms with E-state index in [9.17, 15) is 13.6 Å². The SMILES string of the molecule is C=CC(=O)Nc1cnc2c(c1)c(C)cn2CC1CCC(F)(F)CC1. The lowest BCUT2D eigenvalue weighted by Gasteiger charge is -2.28. The van der Waals surface area contributed by atoms with E-state index in [0.717, 1.165) is 16.6 Å². The molecule has 0 saturated heterocycles. The Labute approximate surface area is 139 Å². The summed E-state index contributed by atoms with van der Waals surface area (Å²) in [6.07, 6.45) is 5.85. The van der Waals surface area contributed by atoms with Crippen molar-refractivity contribution in [3.63, 3.8) is 0 Å². The molecule has 2 aromatic heterocycles. The molecule has 24 heavy (non-hydrogen) atoms. The van der Waals surface area contributed by atoms with Crippen LogP contribution in [0.3, 0.4) is 0 Å². The number of carbonyl (C=O) groups is 1. The van der Waals surface area contributed by atoms with Crippen molar-refractivity contribution in [1.29, 1.82) is 0 Å². The van der Waals surface area contributed by atoms with Gasteiger partial charge in [-0.15, -0.1) is 0 Å². The maximum absolute atomic E-state index is 13.3. The smallest absolute Gasteiger partial charge is 0.248 e. The summed E-state index contributed by atoms with van der Waals surface area (Å²) in [6, 6.07) is 1.88. The average molecular weight is 333 g/mol. The van der Waals surface area contributed by atoms with Gasteiger partial charge in [-0.3, -0.25) is 4.79 Å². The normalized spacial score (nSPS) is 17.8. The Kier molecular flexibility index (Phi) is 4.39. The molecule has 1 amide bonds. The lowest BCUT2D eigenvalue weighted by Crippen LogP contribution is -2.26. The van der Waals surface area contributed by atoms with E-state index >= 15 is 0 Å². The minimum atomic E-state index is -2.50. The fraction of sp³-hybridized carbons (Fsp3) is 0.444. The average Bonchev–Trinajstić information content (AvgIpc) is 2.85. The number of halogens is 2. The monoisotopic (exact) mass is 333 g/mol. The molecule has 0 spiro atoms. The maximum atomic E-state index is 13.3. The first-order valence-electron chi connectivity index (χ1n) is 8.15. The molecule has 3 rings (SSSR count). The molecular weight excluding hydrogens is 312 g/mol. The fourth-order valence-electron chi connectivity index (χ4n) is 3.30. The Morgan fingerprint density at radius 3 is 2.88 bits per heavy atom. The highest BCUT2D eigenvalue weighted by molar-refractivity contribution is 6.00. The molecule has 0 bridgehead atoms. The zero-order valence-electron chi connectivity index (χ0n) is 13.7. The first-order chi connectivity index (χ1) is 11.4. The van der Waals surface area contributed by atoms with E-state index in [1.807, 2.05) is 23.8 Å². The third kappa shape index (κ3) is 3.47. The molecule has 0 unspecified atom stereocenters. The quantitative estimate of drug-likeness (QED) is 0.848. The predicted molar refractivity (Wildman–Crippen MR) is 90.2 cm³/mol. The summed E-state index contributed by atoms with van der Waals surface area (Å²) in [5, 5.41) is 3.66. The number of hydrogen-bond acceptors (Lipinski definition) is 2. The minimum Gasteiger partial charge on any atom is -0.332 e. The van der Waals surface area contributed by atoms with Crippen molar-refractivity contribution in [2.75, 3.05) is 5.32 Å². The molecule has 0 atom stereocenters. The van der Waals surface area contributed by atoms with Crippen molar-refractivity contribution >= 4 is 22.6 Å². The molecule has 0 radical (unpaired) electrons. The van der Waals surface area contributed by atoms with Gasteiger partial charge < -0.3 is 9.88 Å². The van der Waals surface area contributed by atoms with Crippen molar-refractivity contribution in [2.24, 2.45) is 5.92 Å². The van der Waals surface area contributed by atoms with Crippen molar-refractivity contribution in [3.8, 4) is 0 Å². The number of anilines is 1. The van der Waals surface area contributed by atoms with Crippen LogP contribution in [0, 0.1) is 12.8 Å². The number of aromatic nitrogens is 2. The summed E-state index contributed by atoms with van der Waals surface area (Å²) in [6.45, 7) is 6.11. The Balaban J connectivity index is 1.80. The first-order valence-corrected chi connectivity index (χ1v) is 8.15. The molecule has 1 fully saturated rings. The lowest BCUT2D eigenvalue weighted by atomic mass is 9.87. The van der Waals surface area contributed by atoms with Gasteiger partial charge in [-0.05, 0) is 43.4 Å². The number of aryl methyl sites for hydroxylation is 1. The van der Waals surface area contributed by atoms with E-state index < -0.39 is 5.92 Å². The molecule has 1 N–H and O–H groups in total. The van der Waals surface area contributed by atoms with Crippen molar-refractivity contribution in [3.05, 3.63) is 36.7 Å². The van der Waals surface area contributed by atoms with Gasteiger partial charge in [0, 0.05) is 31.0 Å². The zero-order valence-corrected chi connectivity index (χ0v) is 13.7. The highest BCUT2D eigenvalue weighted by Crippen LogP contribution is 2.37. The standard InChI is InChI=1S/C18H21F2N3O/c1-3-16(24)22-14-8-15-12(2)10-23(17(15)21-9-14)11-13-4-6-18(19,20)7-5-13/h3,8-10,13H,1,4-7,11H2,2H3,(H,22,24). The number of amides is 1. The Morgan fingerprint density at radius 2 is 2.21 bits per heavy atom. The molecule has 1 saturated carbocycles. The topological polar surface area (TPSA) is 46.9 Å². The van der Waals surface area contributed by atoms with Crippen LogP contribution in [0.15, 0.2) is 31.1 Å². The summed E-state index contributed by atoms with van der Waals surface area (Å²) in [4.78, 5) is 15.8. The van der Waals surface area contributed by atoms with Gasteiger partial charge in [0.1, 0.15) is 5.65 Å². The Morgan fingerprint density at radius 1 is 1.50 bits per heavy atom. The highest BCUT2D eigenvalue weighted by atomic mass is 19.3. The lowest BCUT2D eigenvalue weighted by molar-refractivity contribution is -0.111. The van der Waals surface area contributed by atoms with Crippen LogP contribution in [0.5, 0.6) is 0 Å². The second kappa shape index (κ2) is 6.34. The van der Waals surface area contributed by atoms with Crippen molar-refractivity contribution in [1.82, 2.24) is 9.55 Å². The zero-order chi connectivity index (χ0) is 17.3. The van der Waals surface area contributed by atoms with E-state index in [4.69, 9.17) is 0 Å². The van der Waals surface area contributed by atoms with Crippen LogP contribution in [0.2, 0.25) is 0 Å². The molecule has 2 heterocycles. The van der Waals surface area contributed by atoms with Gasteiger partial charge in [0.05, 0.1) is 11.9 Å². The van der Waals surface area contributed by atoms with E-state index in [1.165, 1.54) is 6.08 Å². The Hall–Kier alpha value is -2.24. The van der Waals surface area contributed by atoms with Gasteiger partial charge in [-0.25, -0.2) is 13.8 Å². The van der Waals surface area contributed by atoms with Crippen LogP contribution in [0.25, 0.3) is 11.0 Å². The number of alkyl halides is 2. The van der Waals surface area contributed by atoms with E-state index in [2.05, 4.69) is 16.9 Å². The van der Waals surface area contributed by atoms with Crippen LogP contribution >= 0.6 is 0 Å². The second-order valence-electron chi connectivity index (χ2n) is 6.55. The van der Waals surface area contributed by atoms with Crippen molar-refractivity contribution in [2.45, 2.75) is 45.1 Å². The molecule has 128 valence electrons. The van der Waals surface area contributed by atoms with Crippen LogP contribution < -0.4 is 5.32 Å². The molecular formula is C18H21F2N3O. The molecule has 0 aromatic carbocycles. The number of pyridine rings is 1. The first kappa shape index (κ1) is 16.6. The van der Waals surface area contributed by atoms with Crippen LogP contribution in [-0.4, -0.2) is 21.4 Å². The number of carbonyl (C=O) groups excluding carboxylic acids is 1. The van der Waals surface area contributed by atoms with Gasteiger partial charge in [0.15, 0.2) is 0 Å². The molecule has 4 nitrogen and oxygen atoms in total. The summed E-state index contributed by atoms with van der Waals surface area (Å²) < 4.78 is 28.6. The summed E-state index contributed by atoms with van der Waals surface area (Å²) in [5.41, 5.74) is 2.49. The molecule has 1 aliphatic rings. The third-order valence-corrected chi connectivity index (χ3v) is 4.66. The Bertz CT molecular complexity index is 772. The predicted octanol–water partition coefficient (Wildman–Crippen LogP) is 4.29. The van der Waals surface area contributed by atoms with E-state index in [1.54, 1.807) is 6.20 Å². The number of rotatable bonds is 4. The molecule has 1 aliphatic carbocycles.